The van der Waals surface area contributed by atoms with Crippen LogP contribution in [0.5, 0.6) is 0 Å². The van der Waals surface area contributed by atoms with Crippen LogP contribution in [0, 0.1) is 0 Å². The molecule has 3 fully saturated rings. The Balaban J connectivity index is 1.01. The van der Waals surface area contributed by atoms with Gasteiger partial charge in [0.15, 0.2) is 11.9 Å². The number of benzene rings is 2. The maximum Gasteiger partial charge on any atom is 0.410 e. The highest BCUT2D eigenvalue weighted by atomic mass is 35.5. The first kappa shape index (κ1) is 32.4. The van der Waals surface area contributed by atoms with E-state index in [1.165, 1.54) is 4.68 Å². The molecule has 4 aromatic rings. The molecule has 0 radical (unpaired) electrons. The maximum atomic E-state index is 14.0. The molecule has 2 aromatic heterocycles. The van der Waals surface area contributed by atoms with Gasteiger partial charge in [-0.3, -0.25) is 19.8 Å². The van der Waals surface area contributed by atoms with Gasteiger partial charge in [0.2, 0.25) is 0 Å². The van der Waals surface area contributed by atoms with Crippen LogP contribution in [0.1, 0.15) is 37.3 Å². The van der Waals surface area contributed by atoms with E-state index in [4.69, 9.17) is 16.3 Å². The molecule has 2 aromatic carbocycles. The zero-order valence-corrected chi connectivity index (χ0v) is 27.9. The van der Waals surface area contributed by atoms with Crippen molar-refractivity contribution in [2.45, 2.75) is 50.3 Å². The normalized spacial score (nSPS) is 19.5. The third-order valence-corrected chi connectivity index (χ3v) is 10.4. The van der Waals surface area contributed by atoms with Crippen molar-refractivity contribution in [3.63, 3.8) is 0 Å². The zero-order chi connectivity index (χ0) is 33.2. The number of carbonyl (C=O) groups is 2. The highest BCUT2D eigenvalue weighted by Gasteiger charge is 2.35. The molecular formula is C34H42ClN9O4. The van der Waals surface area contributed by atoms with E-state index in [9.17, 15) is 14.4 Å². The van der Waals surface area contributed by atoms with E-state index in [2.05, 4.69) is 37.1 Å². The number of nitrogens with one attached hydrogen (secondary N) is 2. The molecule has 0 aliphatic carbocycles. The lowest BCUT2D eigenvalue weighted by atomic mass is 10.0. The fourth-order valence-electron chi connectivity index (χ4n) is 7.25. The first-order chi connectivity index (χ1) is 23.3. The van der Waals surface area contributed by atoms with E-state index < -0.39 is 12.2 Å². The first-order valence-electron chi connectivity index (χ1n) is 16.8. The van der Waals surface area contributed by atoms with Gasteiger partial charge >= 0.3 is 11.8 Å². The molecule has 3 aliphatic rings. The molecular weight excluding hydrogens is 634 g/mol. The van der Waals surface area contributed by atoms with Gasteiger partial charge < -0.3 is 19.4 Å². The summed E-state index contributed by atoms with van der Waals surface area (Å²) in [6.45, 7) is 5.74. The molecule has 254 valence electrons. The lowest BCUT2D eigenvalue weighted by Gasteiger charge is -2.42. The molecule has 0 unspecified atom stereocenters. The number of nitrogens with zero attached hydrogens (tertiary/aromatic N) is 7. The van der Waals surface area contributed by atoms with Crippen LogP contribution < -0.4 is 5.69 Å². The standard InChI is InChI=1S/C34H42ClN9O4/c1-40-11-7-26(8-12-40)41-15-17-42(18-16-41)32(45)29(21-23-19-25-22-36-38-30(25)28(35)20-23)48-34(47)43-13-9-27(10-14-43)44-33(46)37-31(39-44)24-5-3-2-4-6-24/h2-6,19-20,22,26-27,29H,7-18,21H2,1H3,(H,36,38)(H,37,39,46)/t29-/m1/s1. The monoisotopic (exact) mass is 675 g/mol. The molecule has 0 bridgehead atoms. The zero-order valence-electron chi connectivity index (χ0n) is 27.2. The van der Waals surface area contributed by atoms with Crippen molar-refractivity contribution >= 4 is 34.5 Å². The largest absolute Gasteiger partial charge is 0.436 e. The van der Waals surface area contributed by atoms with Gasteiger partial charge in [0.05, 0.1) is 22.8 Å². The van der Waals surface area contributed by atoms with Crippen molar-refractivity contribution in [1.82, 2.24) is 44.6 Å². The van der Waals surface area contributed by atoms with Crippen LogP contribution in [0.3, 0.4) is 0 Å². The summed E-state index contributed by atoms with van der Waals surface area (Å²) in [7, 11) is 2.16. The van der Waals surface area contributed by atoms with Crippen LogP contribution in [0.15, 0.2) is 53.5 Å². The number of piperazine rings is 1. The van der Waals surface area contributed by atoms with Crippen LogP contribution >= 0.6 is 11.6 Å². The minimum absolute atomic E-state index is 0.155. The number of carbonyl (C=O) groups excluding carboxylic acids is 2. The van der Waals surface area contributed by atoms with Gasteiger partial charge in [-0.05, 0) is 63.5 Å². The Bertz CT molecular complexity index is 1780. The number of fused-ring (bicyclic) bond motifs is 1. The van der Waals surface area contributed by atoms with Crippen LogP contribution in [-0.2, 0) is 16.0 Å². The number of halogens is 1. The van der Waals surface area contributed by atoms with E-state index in [-0.39, 0.29) is 24.1 Å². The average molecular weight is 676 g/mol. The smallest absolute Gasteiger partial charge is 0.410 e. The number of aromatic nitrogens is 5. The summed E-state index contributed by atoms with van der Waals surface area (Å²) >= 11 is 6.53. The first-order valence-corrected chi connectivity index (χ1v) is 17.2. The van der Waals surface area contributed by atoms with Gasteiger partial charge in [0.1, 0.15) is 0 Å². The van der Waals surface area contributed by atoms with E-state index in [0.29, 0.717) is 55.9 Å². The molecule has 3 aliphatic heterocycles. The molecule has 3 saturated heterocycles. The summed E-state index contributed by atoms with van der Waals surface area (Å²) in [5.74, 6) is 0.325. The SMILES string of the molecule is CN1CCC(N2CCN(C(=O)[C@@H](Cc3cc(Cl)c4[nH]ncc4c3)OC(=O)N3CCC(n4nc(-c5ccccc5)[nH]c4=O)CC3)CC2)CC1. The van der Waals surface area contributed by atoms with Crippen molar-refractivity contribution in [2.75, 3.05) is 59.4 Å². The predicted octanol–water partition coefficient (Wildman–Crippen LogP) is 3.39. The van der Waals surface area contributed by atoms with Gasteiger partial charge in [0.25, 0.3) is 5.91 Å². The Morgan fingerprint density at radius 1 is 0.938 bits per heavy atom. The molecule has 7 rings (SSSR count). The second kappa shape index (κ2) is 14.1. The lowest BCUT2D eigenvalue weighted by molar-refractivity contribution is -0.143. The number of ether oxygens (including phenoxy) is 1. The number of hydrogen-bond donors (Lipinski definition) is 2. The molecule has 2 amide bonds. The van der Waals surface area contributed by atoms with Crippen molar-refractivity contribution in [3.8, 4) is 11.4 Å². The second-order valence-corrected chi connectivity index (χ2v) is 13.6. The van der Waals surface area contributed by atoms with Gasteiger partial charge in [-0.25, -0.2) is 14.3 Å². The highest BCUT2D eigenvalue weighted by Crippen LogP contribution is 2.27. The van der Waals surface area contributed by atoms with Gasteiger partial charge in [-0.1, -0.05) is 41.9 Å². The van der Waals surface area contributed by atoms with Gasteiger partial charge in [-0.2, -0.15) is 5.10 Å². The van der Waals surface area contributed by atoms with Crippen molar-refractivity contribution < 1.29 is 14.3 Å². The Morgan fingerprint density at radius 3 is 2.38 bits per heavy atom. The van der Waals surface area contributed by atoms with Crippen LogP contribution in [0.25, 0.3) is 22.3 Å². The third kappa shape index (κ3) is 6.99. The quantitative estimate of drug-likeness (QED) is 0.305. The third-order valence-electron chi connectivity index (χ3n) is 10.1. The molecule has 0 spiro atoms. The Labute approximate surface area is 283 Å². The van der Waals surface area contributed by atoms with Crippen LogP contribution in [-0.4, -0.2) is 128 Å². The number of amides is 2. The molecule has 48 heavy (non-hydrogen) atoms. The maximum absolute atomic E-state index is 14.0. The summed E-state index contributed by atoms with van der Waals surface area (Å²) in [5.41, 5.74) is 2.07. The van der Waals surface area contributed by atoms with Crippen LogP contribution in [0.4, 0.5) is 4.79 Å². The minimum Gasteiger partial charge on any atom is -0.436 e. The summed E-state index contributed by atoms with van der Waals surface area (Å²) in [5, 5.41) is 12.9. The van der Waals surface area contributed by atoms with E-state index in [1.54, 1.807) is 17.2 Å². The Morgan fingerprint density at radius 2 is 1.65 bits per heavy atom. The predicted molar refractivity (Wildman–Crippen MR) is 182 cm³/mol. The number of rotatable bonds is 7. The lowest BCUT2D eigenvalue weighted by Crippen LogP contribution is -2.56. The summed E-state index contributed by atoms with van der Waals surface area (Å²) in [6, 6.07) is 13.6. The molecule has 0 saturated carbocycles. The average Bonchev–Trinajstić information content (AvgIpc) is 3.76. The van der Waals surface area contributed by atoms with Gasteiger partial charge in [0, 0.05) is 62.7 Å². The number of likely N-dealkylation sites (tertiary alicyclic amines) is 2. The number of piperidine rings is 2. The minimum atomic E-state index is -1.01. The van der Waals surface area contributed by atoms with Crippen molar-refractivity contribution in [1.29, 1.82) is 0 Å². The van der Waals surface area contributed by atoms with Gasteiger partial charge in [-0.15, -0.1) is 5.10 Å². The molecule has 14 heteroatoms. The fourth-order valence-corrected chi connectivity index (χ4v) is 7.55. The van der Waals surface area contributed by atoms with E-state index in [0.717, 1.165) is 61.1 Å². The Hall–Kier alpha value is -4.20. The number of H-pyrrole nitrogens is 2. The highest BCUT2D eigenvalue weighted by molar-refractivity contribution is 6.35. The number of hydrogen-bond acceptors (Lipinski definition) is 8. The van der Waals surface area contributed by atoms with Crippen molar-refractivity contribution in [2.24, 2.45) is 0 Å². The second-order valence-electron chi connectivity index (χ2n) is 13.2. The summed E-state index contributed by atoms with van der Waals surface area (Å²) < 4.78 is 7.53. The molecule has 2 N–H and O–H groups in total. The van der Waals surface area contributed by atoms with E-state index in [1.807, 2.05) is 41.3 Å². The van der Waals surface area contributed by atoms with Crippen LogP contribution in [0.2, 0.25) is 5.02 Å². The summed E-state index contributed by atoms with van der Waals surface area (Å²) in [6.07, 6.45) is 3.70. The molecule has 1 atom stereocenters. The van der Waals surface area contributed by atoms with E-state index >= 15 is 0 Å². The topological polar surface area (TPSA) is 136 Å². The summed E-state index contributed by atoms with van der Waals surface area (Å²) in [4.78, 5) is 51.6. The van der Waals surface area contributed by atoms with Crippen molar-refractivity contribution in [3.05, 3.63) is 69.7 Å². The fraction of sp³-hybridized carbons (Fsp3) is 0.500. The number of aromatic amines is 2. The molecule has 5 heterocycles. The molecule has 13 nitrogen and oxygen atoms in total. The Kier molecular flexibility index (Phi) is 9.51.